The first kappa shape index (κ1) is 8.80. The van der Waals surface area contributed by atoms with Crippen LogP contribution < -0.4 is 0 Å². The van der Waals surface area contributed by atoms with Crippen LogP contribution in [0.4, 0.5) is 0 Å². The molecule has 0 atom stereocenters. The zero-order valence-corrected chi connectivity index (χ0v) is 7.84. The third-order valence-corrected chi connectivity index (χ3v) is 2.05. The molecule has 0 saturated heterocycles. The van der Waals surface area contributed by atoms with Crippen molar-refractivity contribution in [2.24, 2.45) is 0 Å². The number of hydrogen-bond donors (Lipinski definition) is 0. The fraction of sp³-hybridized carbons (Fsp3) is 0.333. The molecule has 0 fully saturated rings. The smallest absolute Gasteiger partial charge is 0.182 e. The number of aromatic nitrogens is 4. The van der Waals surface area contributed by atoms with Gasteiger partial charge in [0, 0.05) is 18.8 Å². The van der Waals surface area contributed by atoms with Crippen molar-refractivity contribution < 1.29 is 4.79 Å². The molecule has 5 heteroatoms. The van der Waals surface area contributed by atoms with E-state index in [0.717, 1.165) is 0 Å². The Morgan fingerprint density at radius 2 is 2.43 bits per heavy atom. The van der Waals surface area contributed by atoms with Gasteiger partial charge >= 0.3 is 0 Å². The quantitative estimate of drug-likeness (QED) is 0.712. The molecule has 0 saturated carbocycles. The molecule has 2 aromatic heterocycles. The second kappa shape index (κ2) is 3.53. The van der Waals surface area contributed by atoms with Crippen molar-refractivity contribution in [2.75, 3.05) is 0 Å². The number of nitrogens with zero attached hydrogens (tertiary/aromatic N) is 4. The predicted octanol–water partition coefficient (Wildman–Crippen LogP) is 0.646. The van der Waals surface area contributed by atoms with Gasteiger partial charge in [-0.1, -0.05) is 6.92 Å². The molecule has 0 N–H and O–H groups in total. The highest BCUT2D eigenvalue weighted by atomic mass is 16.1. The summed E-state index contributed by atoms with van der Waals surface area (Å²) in [6, 6.07) is 0. The fourth-order valence-electron chi connectivity index (χ4n) is 1.25. The minimum Gasteiger partial charge on any atom is -0.299 e. The molecule has 2 aromatic rings. The number of hydrogen-bond acceptors (Lipinski definition) is 4. The Bertz CT molecular complexity index is 463. The largest absolute Gasteiger partial charge is 0.299 e. The van der Waals surface area contributed by atoms with Crippen molar-refractivity contribution in [3.63, 3.8) is 0 Å². The van der Waals surface area contributed by atoms with Crippen LogP contribution in [-0.4, -0.2) is 25.4 Å². The minimum atomic E-state index is 0.161. The van der Waals surface area contributed by atoms with E-state index < -0.39 is 0 Å². The Kier molecular flexibility index (Phi) is 2.22. The molecule has 0 aliphatic carbocycles. The van der Waals surface area contributed by atoms with Crippen LogP contribution in [0.2, 0.25) is 0 Å². The first-order valence-corrected chi connectivity index (χ1v) is 4.46. The van der Waals surface area contributed by atoms with Crippen LogP contribution in [0.1, 0.15) is 19.0 Å². The molecule has 0 aliphatic rings. The van der Waals surface area contributed by atoms with Crippen molar-refractivity contribution in [3.05, 3.63) is 24.4 Å². The Hall–Kier alpha value is -1.78. The number of Topliss-reactive ketones (excluding diaryl/α,β-unsaturated/α-hetero) is 1. The Balaban J connectivity index is 2.41. The first-order valence-electron chi connectivity index (χ1n) is 4.46. The van der Waals surface area contributed by atoms with Crippen molar-refractivity contribution in [2.45, 2.75) is 19.8 Å². The van der Waals surface area contributed by atoms with E-state index in [1.165, 1.54) is 0 Å². The molecule has 2 rings (SSSR count). The molecule has 2 heterocycles. The lowest BCUT2D eigenvalue weighted by Crippen LogP contribution is -2.04. The third kappa shape index (κ3) is 1.48. The third-order valence-electron chi connectivity index (χ3n) is 2.05. The summed E-state index contributed by atoms with van der Waals surface area (Å²) in [6.07, 6.45) is 5.86. The molecule has 0 spiro atoms. The molecule has 5 nitrogen and oxygen atoms in total. The lowest BCUT2D eigenvalue weighted by molar-refractivity contribution is -0.118. The van der Waals surface area contributed by atoms with E-state index in [0.29, 0.717) is 24.2 Å². The van der Waals surface area contributed by atoms with Crippen molar-refractivity contribution in [3.8, 4) is 0 Å². The summed E-state index contributed by atoms with van der Waals surface area (Å²) in [5, 5.41) is 7.66. The standard InChI is InChI=1S/C9H10N4O/c1-2-7(14)5-8-9-12-11-6-13(9)4-3-10-8/h3-4,6H,2,5H2,1H3. The van der Waals surface area contributed by atoms with Crippen LogP contribution in [0, 0.1) is 0 Å². The molecular weight excluding hydrogens is 180 g/mol. The summed E-state index contributed by atoms with van der Waals surface area (Å²) >= 11 is 0. The fourth-order valence-corrected chi connectivity index (χ4v) is 1.25. The van der Waals surface area contributed by atoms with Crippen LogP contribution in [0.25, 0.3) is 5.65 Å². The maximum Gasteiger partial charge on any atom is 0.182 e. The van der Waals surface area contributed by atoms with Crippen LogP contribution in [-0.2, 0) is 11.2 Å². The van der Waals surface area contributed by atoms with Gasteiger partial charge in [-0.15, -0.1) is 10.2 Å². The van der Waals surface area contributed by atoms with Gasteiger partial charge in [-0.3, -0.25) is 14.2 Å². The molecule has 72 valence electrons. The highest BCUT2D eigenvalue weighted by Crippen LogP contribution is 2.05. The van der Waals surface area contributed by atoms with Crippen molar-refractivity contribution in [1.82, 2.24) is 19.6 Å². The van der Waals surface area contributed by atoms with Crippen LogP contribution >= 0.6 is 0 Å². The maximum atomic E-state index is 11.2. The van der Waals surface area contributed by atoms with Gasteiger partial charge in [-0.2, -0.15) is 0 Å². The minimum absolute atomic E-state index is 0.161. The molecule has 14 heavy (non-hydrogen) atoms. The Labute approximate surface area is 80.8 Å². The van der Waals surface area contributed by atoms with Gasteiger partial charge in [-0.25, -0.2) is 0 Å². The number of carbonyl (C=O) groups is 1. The number of carbonyl (C=O) groups excluding carboxylic acids is 1. The topological polar surface area (TPSA) is 60.2 Å². The predicted molar refractivity (Wildman–Crippen MR) is 49.8 cm³/mol. The van der Waals surface area contributed by atoms with E-state index in [1.54, 1.807) is 23.1 Å². The van der Waals surface area contributed by atoms with Crippen LogP contribution in [0.5, 0.6) is 0 Å². The van der Waals surface area contributed by atoms with Crippen molar-refractivity contribution >= 4 is 11.4 Å². The SMILES string of the molecule is CCC(=O)Cc1nccn2cnnc12. The van der Waals surface area contributed by atoms with E-state index in [-0.39, 0.29) is 5.78 Å². The second-order valence-electron chi connectivity index (χ2n) is 3.00. The van der Waals surface area contributed by atoms with Crippen molar-refractivity contribution in [1.29, 1.82) is 0 Å². The zero-order chi connectivity index (χ0) is 9.97. The van der Waals surface area contributed by atoms with Crippen LogP contribution in [0.15, 0.2) is 18.7 Å². The van der Waals surface area contributed by atoms with Crippen LogP contribution in [0.3, 0.4) is 0 Å². The number of ketones is 1. The van der Waals surface area contributed by atoms with Gasteiger partial charge in [0.1, 0.15) is 12.1 Å². The Morgan fingerprint density at radius 1 is 1.57 bits per heavy atom. The molecule has 0 aliphatic heterocycles. The molecule has 0 radical (unpaired) electrons. The van der Waals surface area contributed by atoms with Gasteiger partial charge in [-0.05, 0) is 0 Å². The van der Waals surface area contributed by atoms with E-state index in [4.69, 9.17) is 0 Å². The summed E-state index contributed by atoms with van der Waals surface area (Å²) in [6.45, 7) is 1.84. The summed E-state index contributed by atoms with van der Waals surface area (Å²) < 4.78 is 1.76. The monoisotopic (exact) mass is 190 g/mol. The second-order valence-corrected chi connectivity index (χ2v) is 3.00. The number of fused-ring (bicyclic) bond motifs is 1. The summed E-state index contributed by atoms with van der Waals surface area (Å²) in [7, 11) is 0. The average Bonchev–Trinajstić information content (AvgIpc) is 2.66. The van der Waals surface area contributed by atoms with Gasteiger partial charge in [0.05, 0.1) is 12.1 Å². The van der Waals surface area contributed by atoms with E-state index in [1.807, 2.05) is 6.92 Å². The molecule has 0 amide bonds. The molecule has 0 aromatic carbocycles. The summed E-state index contributed by atoms with van der Waals surface area (Å²) in [5.41, 5.74) is 1.35. The average molecular weight is 190 g/mol. The van der Waals surface area contributed by atoms with Gasteiger partial charge in [0.25, 0.3) is 0 Å². The van der Waals surface area contributed by atoms with Gasteiger partial charge in [0.2, 0.25) is 0 Å². The number of rotatable bonds is 3. The van der Waals surface area contributed by atoms with E-state index in [9.17, 15) is 4.79 Å². The maximum absolute atomic E-state index is 11.2. The zero-order valence-electron chi connectivity index (χ0n) is 7.84. The lowest BCUT2D eigenvalue weighted by Gasteiger charge is -1.99. The molecule has 0 bridgehead atoms. The first-order chi connectivity index (χ1) is 6.81. The van der Waals surface area contributed by atoms with Gasteiger partial charge in [0.15, 0.2) is 5.65 Å². The normalized spacial score (nSPS) is 10.6. The summed E-state index contributed by atoms with van der Waals surface area (Å²) in [5.74, 6) is 0.161. The summed E-state index contributed by atoms with van der Waals surface area (Å²) in [4.78, 5) is 15.4. The van der Waals surface area contributed by atoms with E-state index in [2.05, 4.69) is 15.2 Å². The van der Waals surface area contributed by atoms with E-state index >= 15 is 0 Å². The van der Waals surface area contributed by atoms with Gasteiger partial charge < -0.3 is 0 Å². The molecule has 0 unspecified atom stereocenters. The Morgan fingerprint density at radius 3 is 3.21 bits per heavy atom. The lowest BCUT2D eigenvalue weighted by atomic mass is 10.2. The highest BCUT2D eigenvalue weighted by Gasteiger charge is 2.08. The molecular formula is C9H10N4O. The highest BCUT2D eigenvalue weighted by molar-refractivity contribution is 5.81.